The van der Waals surface area contributed by atoms with Crippen molar-refractivity contribution in [2.75, 3.05) is 0 Å². The minimum absolute atomic E-state index is 0.947. The van der Waals surface area contributed by atoms with Crippen molar-refractivity contribution in [3.63, 3.8) is 0 Å². The van der Waals surface area contributed by atoms with E-state index in [1.54, 1.807) is 0 Å². The molecule has 0 fully saturated rings. The van der Waals surface area contributed by atoms with Gasteiger partial charge in [0.2, 0.25) is 0 Å². The maximum Gasteiger partial charge on any atom is -0.00975 e. The van der Waals surface area contributed by atoms with E-state index in [1.807, 2.05) is 39.0 Å². The Balaban J connectivity index is 0.00000191. The van der Waals surface area contributed by atoms with Gasteiger partial charge in [0.25, 0.3) is 0 Å². The average molecular weight is 280 g/mol. The minimum atomic E-state index is 0.947. The lowest BCUT2D eigenvalue weighted by atomic mass is 10.0. The Hall–Kier alpha value is -2.08. The molecule has 1 rings (SSSR count). The fraction of sp³-hybridized carbons (Fsp3) is 0.238. The van der Waals surface area contributed by atoms with Crippen LogP contribution in [0.5, 0.6) is 0 Å². The first-order valence-electron chi connectivity index (χ1n) is 7.64. The van der Waals surface area contributed by atoms with Gasteiger partial charge in [0.1, 0.15) is 0 Å². The molecule has 0 heteroatoms. The maximum absolute atomic E-state index is 3.78. The quantitative estimate of drug-likeness (QED) is 0.505. The molecule has 0 saturated carbocycles. The second-order valence-electron chi connectivity index (χ2n) is 4.19. The highest BCUT2D eigenvalue weighted by molar-refractivity contribution is 5.75. The Morgan fingerprint density at radius 3 is 2.24 bits per heavy atom. The number of hydrogen-bond donors (Lipinski definition) is 0. The highest BCUT2D eigenvalue weighted by atomic mass is 14.0. The summed E-state index contributed by atoms with van der Waals surface area (Å²) in [6.45, 7) is 11.9. The molecule has 0 N–H and O–H groups in total. The number of allylic oxidation sites excluding steroid dienone is 9. The first-order valence-corrected chi connectivity index (χ1v) is 7.64. The fourth-order valence-corrected chi connectivity index (χ4v) is 1.82. The zero-order chi connectivity index (χ0) is 15.9. The number of hydrogen-bond acceptors (Lipinski definition) is 0. The Morgan fingerprint density at radius 1 is 1.05 bits per heavy atom. The summed E-state index contributed by atoms with van der Waals surface area (Å²) in [5.41, 5.74) is 3.73. The van der Waals surface area contributed by atoms with Gasteiger partial charge in [-0.15, -0.1) is 0 Å². The molecule has 0 spiro atoms. The smallest absolute Gasteiger partial charge is 0.00975 e. The van der Waals surface area contributed by atoms with Gasteiger partial charge in [-0.05, 0) is 37.0 Å². The van der Waals surface area contributed by atoms with Crippen LogP contribution in [0.2, 0.25) is 0 Å². The van der Waals surface area contributed by atoms with E-state index in [9.17, 15) is 0 Å². The van der Waals surface area contributed by atoms with Crippen LogP contribution in [-0.2, 0) is 0 Å². The molecule has 0 heterocycles. The van der Waals surface area contributed by atoms with Gasteiger partial charge >= 0.3 is 0 Å². The summed E-state index contributed by atoms with van der Waals surface area (Å²) in [5.74, 6) is 0. The molecule has 0 amide bonds. The van der Waals surface area contributed by atoms with Gasteiger partial charge in [-0.3, -0.25) is 0 Å². The zero-order valence-corrected chi connectivity index (χ0v) is 13.8. The fourth-order valence-electron chi connectivity index (χ4n) is 1.82. The molecule has 0 atom stereocenters. The summed E-state index contributed by atoms with van der Waals surface area (Å²) in [6, 6.07) is 10.4. The van der Waals surface area contributed by atoms with Gasteiger partial charge in [0.15, 0.2) is 0 Å². The topological polar surface area (TPSA) is 0 Å². The molecule has 0 nitrogen and oxygen atoms in total. The van der Waals surface area contributed by atoms with Crippen molar-refractivity contribution in [3.05, 3.63) is 90.6 Å². The van der Waals surface area contributed by atoms with E-state index < -0.39 is 0 Å². The standard InChI is InChI=1S/C19H22.C2H6/c1-4-11-17(6-3)13-10-16-18(12-5-2)19-14-8-7-9-15-19;1-2/h4-12,14-16H,2,13H2,1,3H3;1-2H3/b11-4-,16-10-,17-6+,18-12+;. The van der Waals surface area contributed by atoms with Crippen LogP contribution in [-0.4, -0.2) is 0 Å². The molecular weight excluding hydrogens is 252 g/mol. The Bertz CT molecular complexity index is 496. The molecule has 1 aromatic rings. The monoisotopic (exact) mass is 280 g/mol. The van der Waals surface area contributed by atoms with Crippen LogP contribution in [0.3, 0.4) is 0 Å². The first kappa shape index (κ1) is 18.9. The normalized spacial score (nSPS) is 12.4. The summed E-state index contributed by atoms with van der Waals surface area (Å²) < 4.78 is 0. The first-order chi connectivity index (χ1) is 10.3. The SMILES string of the molecule is C=C/C=C(\C=C/CC(/C=C\C)=C/C)c1ccccc1.CC. The molecule has 0 radical (unpaired) electrons. The molecule has 0 aliphatic heterocycles. The van der Waals surface area contributed by atoms with E-state index in [0.717, 1.165) is 6.42 Å². The molecule has 112 valence electrons. The third-order valence-electron chi connectivity index (χ3n) is 2.81. The van der Waals surface area contributed by atoms with Gasteiger partial charge < -0.3 is 0 Å². The summed E-state index contributed by atoms with van der Waals surface area (Å²) in [7, 11) is 0. The van der Waals surface area contributed by atoms with Gasteiger partial charge in [0, 0.05) is 0 Å². The number of benzene rings is 1. The Labute approximate surface area is 130 Å². The van der Waals surface area contributed by atoms with E-state index in [1.165, 1.54) is 16.7 Å². The molecule has 1 aromatic carbocycles. The van der Waals surface area contributed by atoms with Crippen molar-refractivity contribution in [2.24, 2.45) is 0 Å². The van der Waals surface area contributed by atoms with Crippen molar-refractivity contribution in [1.29, 1.82) is 0 Å². The molecule has 21 heavy (non-hydrogen) atoms. The van der Waals surface area contributed by atoms with Gasteiger partial charge in [-0.1, -0.05) is 93.3 Å². The van der Waals surface area contributed by atoms with E-state index in [0.29, 0.717) is 0 Å². The van der Waals surface area contributed by atoms with Crippen LogP contribution in [0.15, 0.2) is 85.0 Å². The van der Waals surface area contributed by atoms with Crippen molar-refractivity contribution in [1.82, 2.24) is 0 Å². The van der Waals surface area contributed by atoms with Crippen molar-refractivity contribution in [2.45, 2.75) is 34.1 Å². The Morgan fingerprint density at radius 2 is 1.71 bits per heavy atom. The second-order valence-corrected chi connectivity index (χ2v) is 4.19. The van der Waals surface area contributed by atoms with E-state index in [2.05, 4.69) is 68.1 Å². The molecule has 0 bridgehead atoms. The zero-order valence-electron chi connectivity index (χ0n) is 13.8. The lowest BCUT2D eigenvalue weighted by Crippen LogP contribution is -1.80. The lowest BCUT2D eigenvalue weighted by Gasteiger charge is -2.02. The van der Waals surface area contributed by atoms with Gasteiger partial charge in [-0.25, -0.2) is 0 Å². The molecular formula is C21H28. The summed E-state index contributed by atoms with van der Waals surface area (Å²) >= 11 is 0. The molecule has 0 aliphatic carbocycles. The number of rotatable bonds is 6. The largest absolute Gasteiger partial charge is 0.0990 e. The van der Waals surface area contributed by atoms with Crippen LogP contribution < -0.4 is 0 Å². The second kappa shape index (κ2) is 12.9. The van der Waals surface area contributed by atoms with E-state index in [4.69, 9.17) is 0 Å². The predicted molar refractivity (Wildman–Crippen MR) is 98.3 cm³/mol. The van der Waals surface area contributed by atoms with Crippen LogP contribution >= 0.6 is 0 Å². The van der Waals surface area contributed by atoms with E-state index in [-0.39, 0.29) is 0 Å². The molecule has 0 unspecified atom stereocenters. The van der Waals surface area contributed by atoms with Gasteiger partial charge in [0.05, 0.1) is 0 Å². The highest BCUT2D eigenvalue weighted by Crippen LogP contribution is 2.16. The molecule has 0 saturated heterocycles. The third-order valence-corrected chi connectivity index (χ3v) is 2.81. The van der Waals surface area contributed by atoms with Gasteiger partial charge in [-0.2, -0.15) is 0 Å². The predicted octanol–water partition coefficient (Wildman–Crippen LogP) is 6.75. The van der Waals surface area contributed by atoms with Crippen LogP contribution in [0.1, 0.15) is 39.7 Å². The van der Waals surface area contributed by atoms with E-state index >= 15 is 0 Å². The minimum Gasteiger partial charge on any atom is -0.0990 e. The molecule has 0 aliphatic rings. The van der Waals surface area contributed by atoms with Crippen LogP contribution in [0, 0.1) is 0 Å². The van der Waals surface area contributed by atoms with Crippen LogP contribution in [0.4, 0.5) is 0 Å². The summed E-state index contributed by atoms with van der Waals surface area (Å²) in [6.07, 6.45) is 15.5. The summed E-state index contributed by atoms with van der Waals surface area (Å²) in [4.78, 5) is 0. The Kier molecular flexibility index (Phi) is 11.6. The lowest BCUT2D eigenvalue weighted by molar-refractivity contribution is 1.27. The van der Waals surface area contributed by atoms with Crippen molar-refractivity contribution >= 4 is 5.57 Å². The van der Waals surface area contributed by atoms with Crippen LogP contribution in [0.25, 0.3) is 5.57 Å². The maximum atomic E-state index is 3.78. The average Bonchev–Trinajstić information content (AvgIpc) is 2.56. The highest BCUT2D eigenvalue weighted by Gasteiger charge is 1.95. The summed E-state index contributed by atoms with van der Waals surface area (Å²) in [5, 5.41) is 0. The van der Waals surface area contributed by atoms with Crippen molar-refractivity contribution < 1.29 is 0 Å². The molecule has 0 aromatic heterocycles. The third kappa shape index (κ3) is 7.94. The van der Waals surface area contributed by atoms with Crippen molar-refractivity contribution in [3.8, 4) is 0 Å².